The van der Waals surface area contributed by atoms with E-state index >= 15 is 0 Å². The van der Waals surface area contributed by atoms with Crippen LogP contribution in [0.3, 0.4) is 0 Å². The number of rotatable bonds is 5. The van der Waals surface area contributed by atoms with Gasteiger partial charge in [0.15, 0.2) is 0 Å². The molecule has 134 valence electrons. The number of nitrogens with one attached hydrogen (secondary N) is 2. The Hall–Kier alpha value is -3.70. The molecule has 2 aromatic heterocycles. The predicted molar refractivity (Wildman–Crippen MR) is 105 cm³/mol. The minimum atomic E-state index is -0.561. The number of aromatic amines is 2. The maximum atomic E-state index is 12.5. The third-order valence-corrected chi connectivity index (χ3v) is 4.24. The van der Waals surface area contributed by atoms with Crippen LogP contribution in [-0.2, 0) is 0 Å². The third-order valence-electron chi connectivity index (χ3n) is 4.24. The number of Topliss-reactive ketones (excluding diaryl/α,β-unsaturated/α-hetero) is 2. The molecule has 0 radical (unpaired) electrons. The Morgan fingerprint density at radius 1 is 0.519 bits per heavy atom. The van der Waals surface area contributed by atoms with Crippen molar-refractivity contribution < 1.29 is 15.1 Å². The predicted octanol–water partition coefficient (Wildman–Crippen LogP) is 3.92. The highest BCUT2D eigenvalue weighted by Gasteiger charge is 2.21. The quantitative estimate of drug-likeness (QED) is 0.418. The maximum absolute atomic E-state index is 12.5. The fraction of sp³-hybridized carbons (Fsp3) is 0. The number of ketones is 2. The molecule has 5 nitrogen and oxygen atoms in total. The highest BCUT2D eigenvalue weighted by molar-refractivity contribution is 6.48. The number of benzene rings is 2. The smallest absolute Gasteiger partial charge is 0.251 e. The lowest BCUT2D eigenvalue weighted by atomic mass is 10.1. The fourth-order valence-corrected chi connectivity index (χ4v) is 2.87. The molecule has 2 heterocycles. The minimum absolute atomic E-state index is 0. The van der Waals surface area contributed by atoms with Crippen molar-refractivity contribution in [2.45, 2.75) is 0 Å². The van der Waals surface area contributed by atoms with Gasteiger partial charge < -0.3 is 15.4 Å². The average Bonchev–Trinajstić information content (AvgIpc) is 3.38. The van der Waals surface area contributed by atoms with E-state index in [1.165, 1.54) is 0 Å². The third kappa shape index (κ3) is 3.63. The van der Waals surface area contributed by atoms with Crippen molar-refractivity contribution in [1.29, 1.82) is 0 Å². The number of hydrogen-bond donors (Lipinski definition) is 2. The summed E-state index contributed by atoms with van der Waals surface area (Å²) in [6.07, 6.45) is 0. The first kappa shape index (κ1) is 18.1. The largest absolute Gasteiger partial charge is 0.412 e. The Balaban J connectivity index is 0.00000210. The Bertz CT molecular complexity index is 975. The van der Waals surface area contributed by atoms with Crippen molar-refractivity contribution in [3.63, 3.8) is 0 Å². The minimum Gasteiger partial charge on any atom is -0.412 e. The van der Waals surface area contributed by atoms with Crippen LogP contribution in [0.15, 0.2) is 84.9 Å². The zero-order valence-corrected chi connectivity index (χ0v) is 14.4. The summed E-state index contributed by atoms with van der Waals surface area (Å²) in [7, 11) is 0. The topological polar surface area (TPSA) is 97.2 Å². The molecule has 27 heavy (non-hydrogen) atoms. The lowest BCUT2D eigenvalue weighted by Gasteiger charge is -1.99. The molecule has 4 aromatic rings. The standard InChI is InChI=1S/C22H16N2O2.H2O/c25-21(19-13-11-17(23-19)15-7-3-1-4-8-15)22(26)20-14-12-18(24-20)16-9-5-2-6-10-16;/h1-14,23-24H;1H2. The fourth-order valence-electron chi connectivity index (χ4n) is 2.87. The maximum Gasteiger partial charge on any atom is 0.251 e. The molecular formula is C22H18N2O3. The van der Waals surface area contributed by atoms with Gasteiger partial charge in [0.05, 0.1) is 11.4 Å². The molecular weight excluding hydrogens is 340 g/mol. The van der Waals surface area contributed by atoms with E-state index < -0.39 is 11.6 Å². The lowest BCUT2D eigenvalue weighted by molar-refractivity contribution is 0.0812. The van der Waals surface area contributed by atoms with Gasteiger partial charge in [-0.2, -0.15) is 0 Å². The summed E-state index contributed by atoms with van der Waals surface area (Å²) in [6, 6.07) is 26.2. The van der Waals surface area contributed by atoms with E-state index in [2.05, 4.69) is 9.97 Å². The number of H-pyrrole nitrogens is 2. The summed E-state index contributed by atoms with van der Waals surface area (Å²) in [4.78, 5) is 31.1. The van der Waals surface area contributed by atoms with Crippen LogP contribution >= 0.6 is 0 Å². The number of carbonyl (C=O) groups is 2. The van der Waals surface area contributed by atoms with Crippen LogP contribution in [0.1, 0.15) is 21.0 Å². The van der Waals surface area contributed by atoms with E-state index in [-0.39, 0.29) is 16.9 Å². The first-order chi connectivity index (χ1) is 12.7. The van der Waals surface area contributed by atoms with Crippen LogP contribution in [0.2, 0.25) is 0 Å². The molecule has 4 rings (SSSR count). The normalized spacial score (nSPS) is 10.2. The Morgan fingerprint density at radius 3 is 1.26 bits per heavy atom. The second-order valence-electron chi connectivity index (χ2n) is 5.96. The molecule has 0 fully saturated rings. The molecule has 0 bridgehead atoms. The molecule has 2 aromatic carbocycles. The summed E-state index contributed by atoms with van der Waals surface area (Å²) >= 11 is 0. The van der Waals surface area contributed by atoms with Crippen LogP contribution in [0.25, 0.3) is 22.5 Å². The zero-order chi connectivity index (χ0) is 17.9. The molecule has 0 aliphatic heterocycles. The second-order valence-corrected chi connectivity index (χ2v) is 5.96. The van der Waals surface area contributed by atoms with Crippen molar-refractivity contribution in [2.24, 2.45) is 0 Å². The van der Waals surface area contributed by atoms with E-state index in [1.807, 2.05) is 60.7 Å². The van der Waals surface area contributed by atoms with Crippen molar-refractivity contribution in [3.8, 4) is 22.5 Å². The average molecular weight is 358 g/mol. The van der Waals surface area contributed by atoms with Gasteiger partial charge in [-0.1, -0.05) is 60.7 Å². The van der Waals surface area contributed by atoms with Gasteiger partial charge in [0, 0.05) is 11.4 Å². The molecule has 4 N–H and O–H groups in total. The van der Waals surface area contributed by atoms with Crippen molar-refractivity contribution in [3.05, 3.63) is 96.3 Å². The number of carbonyl (C=O) groups excluding carboxylic acids is 2. The summed E-state index contributed by atoms with van der Waals surface area (Å²) in [5, 5.41) is 0. The van der Waals surface area contributed by atoms with Crippen molar-refractivity contribution >= 4 is 11.6 Å². The highest BCUT2D eigenvalue weighted by atomic mass is 16.2. The number of hydrogen-bond acceptors (Lipinski definition) is 2. The molecule has 0 aliphatic rings. The molecule has 0 atom stereocenters. The molecule has 0 saturated heterocycles. The summed E-state index contributed by atoms with van der Waals surface area (Å²) in [6.45, 7) is 0. The van der Waals surface area contributed by atoms with Gasteiger partial charge in [-0.15, -0.1) is 0 Å². The van der Waals surface area contributed by atoms with Gasteiger partial charge in [0.25, 0.3) is 11.6 Å². The van der Waals surface area contributed by atoms with Crippen LogP contribution in [0.5, 0.6) is 0 Å². The van der Waals surface area contributed by atoms with Gasteiger partial charge in [-0.05, 0) is 35.4 Å². The van der Waals surface area contributed by atoms with Crippen molar-refractivity contribution in [1.82, 2.24) is 9.97 Å². The summed E-state index contributed by atoms with van der Waals surface area (Å²) in [5.74, 6) is -1.12. The Morgan fingerprint density at radius 2 is 0.889 bits per heavy atom. The monoisotopic (exact) mass is 358 g/mol. The second kappa shape index (κ2) is 7.68. The first-order valence-electron chi connectivity index (χ1n) is 8.30. The summed E-state index contributed by atoms with van der Waals surface area (Å²) in [5.41, 5.74) is 4.10. The molecule has 0 aliphatic carbocycles. The van der Waals surface area contributed by atoms with Crippen LogP contribution in [-0.4, -0.2) is 27.0 Å². The molecule has 5 heteroatoms. The van der Waals surface area contributed by atoms with E-state index in [0.29, 0.717) is 0 Å². The van der Waals surface area contributed by atoms with E-state index in [4.69, 9.17) is 0 Å². The van der Waals surface area contributed by atoms with Crippen LogP contribution in [0.4, 0.5) is 0 Å². The molecule has 0 amide bonds. The van der Waals surface area contributed by atoms with E-state index in [9.17, 15) is 9.59 Å². The van der Waals surface area contributed by atoms with Crippen LogP contribution in [0, 0.1) is 0 Å². The zero-order valence-electron chi connectivity index (χ0n) is 14.4. The van der Waals surface area contributed by atoms with Gasteiger partial charge in [0.1, 0.15) is 0 Å². The Kier molecular flexibility index (Phi) is 5.15. The molecule has 0 unspecified atom stereocenters. The number of aromatic nitrogens is 2. The first-order valence-corrected chi connectivity index (χ1v) is 8.30. The van der Waals surface area contributed by atoms with Crippen LogP contribution < -0.4 is 0 Å². The lowest BCUT2D eigenvalue weighted by Crippen LogP contribution is -2.15. The highest BCUT2D eigenvalue weighted by Crippen LogP contribution is 2.21. The van der Waals surface area contributed by atoms with Crippen molar-refractivity contribution in [2.75, 3.05) is 0 Å². The van der Waals surface area contributed by atoms with Gasteiger partial charge >= 0.3 is 0 Å². The van der Waals surface area contributed by atoms with Gasteiger partial charge in [-0.3, -0.25) is 9.59 Å². The summed E-state index contributed by atoms with van der Waals surface area (Å²) < 4.78 is 0. The SMILES string of the molecule is O.O=C(C(=O)c1ccc(-c2ccccc2)[nH]1)c1ccc(-c2ccccc2)[nH]1. The molecule has 0 saturated carbocycles. The molecule has 0 spiro atoms. The van der Waals surface area contributed by atoms with Gasteiger partial charge in [0.2, 0.25) is 0 Å². The van der Waals surface area contributed by atoms with E-state index in [1.54, 1.807) is 24.3 Å². The van der Waals surface area contributed by atoms with E-state index in [0.717, 1.165) is 22.5 Å². The van der Waals surface area contributed by atoms with Gasteiger partial charge in [-0.25, -0.2) is 0 Å². The Labute approximate surface area is 156 Å².